The monoisotopic (exact) mass is 624 g/mol. The van der Waals surface area contributed by atoms with Crippen molar-refractivity contribution >= 4 is 13.5 Å². The zero-order chi connectivity index (χ0) is 26.5. The maximum atomic E-state index is 5.39. The van der Waals surface area contributed by atoms with Crippen molar-refractivity contribution in [2.24, 2.45) is 24.9 Å². The number of fused-ring (bicyclic) bond motifs is 6. The molecule has 6 saturated heterocycles. The zero-order valence-corrected chi connectivity index (χ0v) is 27.8. The Kier molecular flexibility index (Phi) is 24.5. The quantitative estimate of drug-likeness (QED) is 0.244. The van der Waals surface area contributed by atoms with Crippen molar-refractivity contribution in [2.75, 3.05) is 39.6 Å². The minimum absolute atomic E-state index is 0. The van der Waals surface area contributed by atoms with Crippen LogP contribution in [0.15, 0.2) is 37.4 Å². The molecular weight excluding hydrogens is 571 g/mol. The molecule has 2 aromatic heterocycles. The molecular formula is C26H54B2Cl2Li2N4O6. The maximum Gasteiger partial charge on any atom is 1.00 e. The Morgan fingerprint density at radius 2 is 0.857 bits per heavy atom. The van der Waals surface area contributed by atoms with Gasteiger partial charge in [-0.15, -0.1) is 13.6 Å². The van der Waals surface area contributed by atoms with Gasteiger partial charge in [0.2, 0.25) is 12.7 Å². The Morgan fingerprint density at radius 3 is 0.976 bits per heavy atom. The predicted molar refractivity (Wildman–Crippen MR) is 151 cm³/mol. The minimum Gasteiger partial charge on any atom is -1.00 e. The topological polar surface area (TPSA) is 73.0 Å². The van der Waals surface area contributed by atoms with Crippen LogP contribution in [0.4, 0.5) is 0 Å². The van der Waals surface area contributed by atoms with Gasteiger partial charge in [0, 0.05) is 50.5 Å². The van der Waals surface area contributed by atoms with E-state index in [2.05, 4.69) is 61.9 Å². The van der Waals surface area contributed by atoms with Crippen LogP contribution in [0.25, 0.3) is 0 Å². The first kappa shape index (κ1) is 49.0. The number of rotatable bonds is 2. The first-order chi connectivity index (χ1) is 16.9. The number of hydrogen-bond acceptors (Lipinski definition) is 6. The van der Waals surface area contributed by atoms with E-state index >= 15 is 0 Å². The fourth-order valence-corrected chi connectivity index (χ4v) is 4.03. The SMILES string of the molecule is C.C.CCn1cc[n+](C)c1.CCn1cc[n+](C)c1.C[B-]12OCC(C)(CO1)CO2.C[B-]12OCC(C)(CO1)CO2.[Cl-].[Cl-].[Li+].[Li+]. The Hall–Kier alpha value is 0.0847. The molecule has 0 saturated carbocycles. The van der Waals surface area contributed by atoms with Gasteiger partial charge in [0.05, 0.1) is 27.2 Å². The van der Waals surface area contributed by atoms with Gasteiger partial charge in [-0.05, 0) is 13.8 Å². The molecule has 0 amide bonds. The van der Waals surface area contributed by atoms with E-state index in [-0.39, 0.29) is 88.2 Å². The molecule has 10 nitrogen and oxygen atoms in total. The molecule has 0 aliphatic carbocycles. The third-order valence-corrected chi connectivity index (χ3v) is 6.79. The van der Waals surface area contributed by atoms with Crippen LogP contribution < -0.4 is 71.7 Å². The average molecular weight is 625 g/mol. The maximum absolute atomic E-state index is 5.39. The van der Waals surface area contributed by atoms with E-state index in [0.29, 0.717) is 0 Å². The summed E-state index contributed by atoms with van der Waals surface area (Å²) in [5.41, 5.74) is 0.221. The van der Waals surface area contributed by atoms with E-state index in [9.17, 15) is 0 Å². The van der Waals surface area contributed by atoms with Gasteiger partial charge in [-0.1, -0.05) is 28.7 Å². The van der Waals surface area contributed by atoms with Crippen molar-refractivity contribution in [3.8, 4) is 0 Å². The van der Waals surface area contributed by atoms with Crippen molar-refractivity contribution < 1.29 is 99.6 Å². The molecule has 6 aliphatic rings. The predicted octanol–water partition coefficient (Wildman–Crippen LogP) is -8.77. The van der Waals surface area contributed by atoms with Crippen molar-refractivity contribution in [1.82, 2.24) is 9.13 Å². The number of aryl methyl sites for hydroxylation is 4. The first-order valence-corrected chi connectivity index (χ1v) is 13.1. The summed E-state index contributed by atoms with van der Waals surface area (Å²) in [6.45, 7) is 16.3. The number of nitrogens with zero attached hydrogens (tertiary/aromatic N) is 4. The molecule has 6 aliphatic heterocycles. The van der Waals surface area contributed by atoms with Crippen LogP contribution in [0.5, 0.6) is 0 Å². The molecule has 2 aromatic rings. The molecule has 6 fully saturated rings. The smallest absolute Gasteiger partial charge is 1.00 e. The Morgan fingerprint density at radius 1 is 0.619 bits per heavy atom. The van der Waals surface area contributed by atoms with Crippen molar-refractivity contribution in [1.29, 1.82) is 0 Å². The van der Waals surface area contributed by atoms with Gasteiger partial charge in [0.25, 0.3) is 0 Å². The fourth-order valence-electron chi connectivity index (χ4n) is 4.03. The second kappa shape index (κ2) is 21.0. The molecule has 0 unspecified atom stereocenters. The Bertz CT molecular complexity index is 831. The standard InChI is InChI=1S/2C6H12BO3.2C6H11N2.2CH4.2ClH.2Li/c2*1-6-3-8-7(2,9-4-6)10-5-6;2*1-3-8-5-4-7(2)6-8;;;;;;/h2*3-5H2,1-2H3;2*4-6H,3H2,1-2H3;2*1H4;2*1H;;/q2*-1;2*+1;;;;;2*+1/p-2. The molecule has 16 heteroatoms. The second-order valence-corrected chi connectivity index (χ2v) is 11.3. The Labute approximate surface area is 292 Å². The summed E-state index contributed by atoms with van der Waals surface area (Å²) in [6.07, 6.45) is 12.3. The van der Waals surface area contributed by atoms with Gasteiger partial charge >= 0.3 is 51.2 Å². The molecule has 0 N–H and O–H groups in total. The summed E-state index contributed by atoms with van der Waals surface area (Å²) in [6, 6.07) is 0. The van der Waals surface area contributed by atoms with E-state index in [1.807, 2.05) is 49.3 Å². The van der Waals surface area contributed by atoms with E-state index in [1.54, 1.807) is 0 Å². The molecule has 0 radical (unpaired) electrons. The van der Waals surface area contributed by atoms with Gasteiger partial charge in [-0.25, -0.2) is 18.3 Å². The number of aromatic nitrogens is 4. The van der Waals surface area contributed by atoms with Gasteiger partial charge in [-0.3, -0.25) is 0 Å². The summed E-state index contributed by atoms with van der Waals surface area (Å²) in [5, 5.41) is 0. The second-order valence-electron chi connectivity index (χ2n) is 11.3. The van der Waals surface area contributed by atoms with Crippen molar-refractivity contribution in [2.45, 2.75) is 69.3 Å². The number of hydrogen-bond donors (Lipinski definition) is 0. The van der Waals surface area contributed by atoms with Crippen LogP contribution in [0.2, 0.25) is 13.6 Å². The Balaban J connectivity index is -0.000000220. The van der Waals surface area contributed by atoms with Gasteiger partial charge < -0.3 is 52.7 Å². The summed E-state index contributed by atoms with van der Waals surface area (Å²) in [5.74, 6) is 0. The summed E-state index contributed by atoms with van der Waals surface area (Å²) >= 11 is 0. The summed E-state index contributed by atoms with van der Waals surface area (Å²) < 4.78 is 40.6. The van der Waals surface area contributed by atoms with E-state index in [1.165, 1.54) is 0 Å². The van der Waals surface area contributed by atoms with Crippen LogP contribution in [0.3, 0.4) is 0 Å². The molecule has 42 heavy (non-hydrogen) atoms. The summed E-state index contributed by atoms with van der Waals surface area (Å²) in [4.78, 5) is 0. The van der Waals surface area contributed by atoms with Crippen LogP contribution in [0.1, 0.15) is 42.5 Å². The van der Waals surface area contributed by atoms with Gasteiger partial charge in [0.1, 0.15) is 24.8 Å². The molecule has 8 heterocycles. The molecule has 4 bridgehead atoms. The van der Waals surface area contributed by atoms with Crippen LogP contribution >= 0.6 is 0 Å². The molecule has 0 atom stereocenters. The molecule has 0 aromatic carbocycles. The van der Waals surface area contributed by atoms with Crippen molar-refractivity contribution in [3.63, 3.8) is 0 Å². The van der Waals surface area contributed by atoms with Crippen LogP contribution in [0, 0.1) is 10.8 Å². The first-order valence-electron chi connectivity index (χ1n) is 13.1. The van der Waals surface area contributed by atoms with Crippen LogP contribution in [-0.2, 0) is 55.1 Å². The van der Waals surface area contributed by atoms with Crippen LogP contribution in [-0.4, -0.2) is 62.3 Å². The average Bonchev–Trinajstić information content (AvgIpc) is 3.50. The third-order valence-electron chi connectivity index (χ3n) is 6.79. The van der Waals surface area contributed by atoms with Crippen molar-refractivity contribution in [3.05, 3.63) is 37.4 Å². The molecule has 0 spiro atoms. The van der Waals surface area contributed by atoms with E-state index < -0.39 is 13.5 Å². The zero-order valence-electron chi connectivity index (χ0n) is 26.3. The fraction of sp³-hybridized carbons (Fsp3) is 0.769. The summed E-state index contributed by atoms with van der Waals surface area (Å²) in [7, 11) is 4.04. The number of imidazole rings is 2. The normalized spacial score (nSPS) is 29.1. The third kappa shape index (κ3) is 14.9. The molecule has 236 valence electrons. The largest absolute Gasteiger partial charge is 1.00 e. The van der Waals surface area contributed by atoms with Gasteiger partial charge in [0.15, 0.2) is 0 Å². The van der Waals surface area contributed by atoms with E-state index in [4.69, 9.17) is 27.9 Å². The minimum atomic E-state index is -1.35. The number of halogens is 2. The van der Waals surface area contributed by atoms with E-state index in [0.717, 1.165) is 52.7 Å². The molecule has 8 rings (SSSR count). The van der Waals surface area contributed by atoms with Gasteiger partial charge in [-0.2, -0.15) is 0 Å².